The third-order valence-corrected chi connectivity index (χ3v) is 6.25. The number of hydrogen-bond acceptors (Lipinski definition) is 6. The first-order chi connectivity index (χ1) is 17.3. The molecule has 2 aromatic carbocycles. The Morgan fingerprint density at radius 3 is 2.42 bits per heavy atom. The molecule has 0 atom stereocenters. The van der Waals surface area contributed by atoms with Crippen molar-refractivity contribution in [1.82, 2.24) is 14.0 Å². The van der Waals surface area contributed by atoms with E-state index in [0.29, 0.717) is 42.6 Å². The summed E-state index contributed by atoms with van der Waals surface area (Å²) in [5.74, 6) is -0.417. The van der Waals surface area contributed by atoms with E-state index >= 15 is 0 Å². The fraction of sp³-hybridized carbons (Fsp3) is 0.360. The maximum Gasteiger partial charge on any atom is 0.337 e. The number of carbonyl (C=O) groups excluding carboxylic acids is 2. The Bertz CT molecular complexity index is 1380. The van der Waals surface area contributed by atoms with Crippen molar-refractivity contribution in [3.63, 3.8) is 0 Å². The number of rotatable bonds is 8. The van der Waals surface area contributed by atoms with Gasteiger partial charge < -0.3 is 14.4 Å². The Morgan fingerprint density at radius 1 is 1.11 bits per heavy atom. The fourth-order valence-electron chi connectivity index (χ4n) is 4.40. The number of carbonyl (C=O) groups is 2. The summed E-state index contributed by atoms with van der Waals surface area (Å²) in [5.41, 5.74) is 0.198. The van der Waals surface area contributed by atoms with E-state index in [9.17, 15) is 28.0 Å². The van der Waals surface area contributed by atoms with Gasteiger partial charge in [0.05, 0.1) is 30.1 Å². The van der Waals surface area contributed by atoms with Crippen LogP contribution in [0.4, 0.5) is 8.78 Å². The highest BCUT2D eigenvalue weighted by Crippen LogP contribution is 2.26. The highest BCUT2D eigenvalue weighted by atomic mass is 19.3. The minimum atomic E-state index is -2.68. The summed E-state index contributed by atoms with van der Waals surface area (Å²) in [7, 11) is 1.27. The topological polar surface area (TPSA) is 99.8 Å². The number of halogens is 2. The van der Waals surface area contributed by atoms with Crippen molar-refractivity contribution in [1.29, 1.82) is 0 Å². The van der Waals surface area contributed by atoms with Crippen LogP contribution in [-0.4, -0.2) is 59.6 Å². The van der Waals surface area contributed by atoms with Gasteiger partial charge in [0, 0.05) is 19.1 Å². The van der Waals surface area contributed by atoms with Gasteiger partial charge in [-0.15, -0.1) is 0 Å². The van der Waals surface area contributed by atoms with Crippen LogP contribution < -0.4 is 16.0 Å². The monoisotopic (exact) mass is 501 g/mol. The standard InChI is InChI=1S/C25H25F2N3O6/c1-35-24(33)17-4-2-16(3-5-17)13-29-23(32)20-12-19(36-14-22(26)27)6-7-21(20)30(25(29)34)18-8-10-28(15-31)11-9-18/h2-7,12,15,18,22H,8-11,13-14H2,1H3. The molecule has 190 valence electrons. The van der Waals surface area contributed by atoms with Crippen LogP contribution in [0.15, 0.2) is 52.1 Å². The normalized spacial score (nSPS) is 14.3. The van der Waals surface area contributed by atoms with Crippen molar-refractivity contribution in [2.75, 3.05) is 26.8 Å². The highest BCUT2D eigenvalue weighted by molar-refractivity contribution is 5.89. The number of likely N-dealkylation sites (tertiary alicyclic amines) is 1. The Hall–Kier alpha value is -4.02. The van der Waals surface area contributed by atoms with E-state index < -0.39 is 30.3 Å². The summed E-state index contributed by atoms with van der Waals surface area (Å²) < 4.78 is 37.7. The molecule has 0 aliphatic carbocycles. The zero-order valence-electron chi connectivity index (χ0n) is 19.6. The molecule has 2 heterocycles. The molecular formula is C25H25F2N3O6. The molecule has 0 saturated carbocycles. The summed E-state index contributed by atoms with van der Waals surface area (Å²) >= 11 is 0. The van der Waals surface area contributed by atoms with Gasteiger partial charge >= 0.3 is 11.7 Å². The van der Waals surface area contributed by atoms with Crippen LogP contribution in [-0.2, 0) is 16.1 Å². The van der Waals surface area contributed by atoms with Gasteiger partial charge in [-0.2, -0.15) is 0 Å². The number of amides is 1. The second-order valence-electron chi connectivity index (χ2n) is 8.49. The van der Waals surface area contributed by atoms with Crippen molar-refractivity contribution < 1.29 is 27.8 Å². The van der Waals surface area contributed by atoms with E-state index in [1.54, 1.807) is 21.6 Å². The fourth-order valence-corrected chi connectivity index (χ4v) is 4.40. The zero-order chi connectivity index (χ0) is 25.8. The number of fused-ring (bicyclic) bond motifs is 1. The first kappa shape index (κ1) is 25.1. The molecule has 1 fully saturated rings. The molecule has 3 aromatic rings. The molecular weight excluding hydrogens is 476 g/mol. The number of benzene rings is 2. The van der Waals surface area contributed by atoms with Crippen LogP contribution >= 0.6 is 0 Å². The van der Waals surface area contributed by atoms with Gasteiger partial charge in [0.15, 0.2) is 0 Å². The van der Waals surface area contributed by atoms with Crippen LogP contribution in [0, 0.1) is 0 Å². The van der Waals surface area contributed by atoms with E-state index in [4.69, 9.17) is 9.47 Å². The molecule has 1 saturated heterocycles. The van der Waals surface area contributed by atoms with Gasteiger partial charge in [0.1, 0.15) is 12.4 Å². The number of ether oxygens (including phenoxy) is 2. The molecule has 1 aliphatic heterocycles. The highest BCUT2D eigenvalue weighted by Gasteiger charge is 2.25. The van der Waals surface area contributed by atoms with E-state index in [0.717, 1.165) is 11.0 Å². The average Bonchev–Trinajstić information content (AvgIpc) is 2.90. The molecule has 9 nitrogen and oxygen atoms in total. The summed E-state index contributed by atoms with van der Waals surface area (Å²) in [4.78, 5) is 51.5. The van der Waals surface area contributed by atoms with Gasteiger partial charge in [0.2, 0.25) is 6.41 Å². The van der Waals surface area contributed by atoms with Crippen LogP contribution in [0.3, 0.4) is 0 Å². The van der Waals surface area contributed by atoms with Crippen molar-refractivity contribution in [3.8, 4) is 5.75 Å². The van der Waals surface area contributed by atoms with Gasteiger partial charge in [-0.25, -0.2) is 18.4 Å². The van der Waals surface area contributed by atoms with Crippen LogP contribution in [0.2, 0.25) is 0 Å². The largest absolute Gasteiger partial charge is 0.488 e. The predicted octanol–water partition coefficient (Wildman–Crippen LogP) is 2.44. The van der Waals surface area contributed by atoms with Gasteiger partial charge in [0.25, 0.3) is 12.0 Å². The maximum absolute atomic E-state index is 13.6. The molecule has 0 radical (unpaired) electrons. The number of aromatic nitrogens is 2. The quantitative estimate of drug-likeness (QED) is 0.347. The number of piperidine rings is 1. The van der Waals surface area contributed by atoms with Crippen LogP contribution in [0.25, 0.3) is 10.9 Å². The molecule has 1 amide bonds. The summed E-state index contributed by atoms with van der Waals surface area (Å²) in [6.07, 6.45) is -0.877. The zero-order valence-corrected chi connectivity index (χ0v) is 19.6. The molecule has 4 rings (SSSR count). The second-order valence-corrected chi connectivity index (χ2v) is 8.49. The lowest BCUT2D eigenvalue weighted by Crippen LogP contribution is -2.44. The van der Waals surface area contributed by atoms with Crippen molar-refractivity contribution in [2.24, 2.45) is 0 Å². The van der Waals surface area contributed by atoms with Gasteiger partial charge in [-0.3, -0.25) is 18.7 Å². The second kappa shape index (κ2) is 10.7. The third-order valence-electron chi connectivity index (χ3n) is 6.25. The number of nitrogens with zero attached hydrogens (tertiary/aromatic N) is 3. The van der Waals surface area contributed by atoms with Crippen LogP contribution in [0.1, 0.15) is 34.8 Å². The Balaban J connectivity index is 1.80. The van der Waals surface area contributed by atoms with Crippen LogP contribution in [0.5, 0.6) is 5.75 Å². The first-order valence-corrected chi connectivity index (χ1v) is 11.4. The minimum absolute atomic E-state index is 0.0651. The lowest BCUT2D eigenvalue weighted by atomic mass is 10.0. The molecule has 36 heavy (non-hydrogen) atoms. The van der Waals surface area contributed by atoms with E-state index in [2.05, 4.69) is 0 Å². The Kier molecular flexibility index (Phi) is 7.47. The van der Waals surface area contributed by atoms with E-state index in [1.165, 1.54) is 37.4 Å². The predicted molar refractivity (Wildman–Crippen MR) is 127 cm³/mol. The summed E-state index contributed by atoms with van der Waals surface area (Å²) in [6, 6.07) is 10.4. The van der Waals surface area contributed by atoms with Gasteiger partial charge in [-0.1, -0.05) is 12.1 Å². The van der Waals surface area contributed by atoms with Gasteiger partial charge in [-0.05, 0) is 48.7 Å². The van der Waals surface area contributed by atoms with E-state index in [-0.39, 0.29) is 23.7 Å². The Labute approximate surface area is 204 Å². The third kappa shape index (κ3) is 5.14. The number of hydrogen-bond donors (Lipinski definition) is 0. The number of methoxy groups -OCH3 is 1. The van der Waals surface area contributed by atoms with Crippen molar-refractivity contribution >= 4 is 23.3 Å². The summed E-state index contributed by atoms with van der Waals surface area (Å²) in [6.45, 7) is 0.0397. The molecule has 0 bridgehead atoms. The molecule has 11 heteroatoms. The molecule has 1 aromatic heterocycles. The SMILES string of the molecule is COC(=O)c1ccc(Cn2c(=O)c3cc(OCC(F)F)ccc3n(C3CCN(C=O)CC3)c2=O)cc1. The lowest BCUT2D eigenvalue weighted by molar-refractivity contribution is -0.119. The van der Waals surface area contributed by atoms with Crippen molar-refractivity contribution in [3.05, 3.63) is 74.4 Å². The van der Waals surface area contributed by atoms with E-state index in [1.807, 2.05) is 0 Å². The molecule has 0 unspecified atom stereocenters. The maximum atomic E-state index is 13.6. The Morgan fingerprint density at radius 2 is 1.81 bits per heavy atom. The number of alkyl halides is 2. The molecule has 0 N–H and O–H groups in total. The average molecular weight is 501 g/mol. The molecule has 1 aliphatic rings. The minimum Gasteiger partial charge on any atom is -0.488 e. The number of esters is 1. The lowest BCUT2D eigenvalue weighted by Gasteiger charge is -2.31. The smallest absolute Gasteiger partial charge is 0.337 e. The van der Waals surface area contributed by atoms with Crippen molar-refractivity contribution in [2.45, 2.75) is 31.9 Å². The summed E-state index contributed by atoms with van der Waals surface area (Å²) in [5, 5.41) is 0.158. The first-order valence-electron chi connectivity index (χ1n) is 11.4. The molecule has 0 spiro atoms.